The van der Waals surface area contributed by atoms with Crippen molar-refractivity contribution in [3.8, 4) is 11.1 Å². The highest BCUT2D eigenvalue weighted by Crippen LogP contribution is 2.46. The molecule has 0 saturated heterocycles. The first-order valence-corrected chi connectivity index (χ1v) is 12.2. The Hall–Kier alpha value is -1.84. The molecule has 1 aliphatic carbocycles. The second-order valence-corrected chi connectivity index (χ2v) is 9.44. The van der Waals surface area contributed by atoms with Crippen LogP contribution in [0, 0.1) is 5.92 Å². The summed E-state index contributed by atoms with van der Waals surface area (Å²) in [4.78, 5) is 0. The molecule has 0 bridgehead atoms. The Labute approximate surface area is 190 Å². The molecule has 0 aromatic heterocycles. The average Bonchev–Trinajstić information content (AvgIpc) is 2.80. The molecule has 1 fully saturated rings. The monoisotopic (exact) mass is 448 g/mol. The Morgan fingerprint density at radius 3 is 1.81 bits per heavy atom. The standard InChI is InChI=1S/C28H36F4/c1-3-5-6-7-21-8-10-22(11-9-21)23-12-14-24(15-13-23)25-16-18-26(19-17-25)28(31,32)27(29,30)20-4-2/h12-19,21-22H,3-11,20H2,1-2H3. The summed E-state index contributed by atoms with van der Waals surface area (Å²) in [6.07, 6.45) is 9.55. The van der Waals surface area contributed by atoms with Crippen LogP contribution in [0.15, 0.2) is 48.5 Å². The Kier molecular flexibility index (Phi) is 8.41. The van der Waals surface area contributed by atoms with Crippen LogP contribution < -0.4 is 0 Å². The van der Waals surface area contributed by atoms with Crippen molar-refractivity contribution >= 4 is 0 Å². The Bertz CT molecular complexity index is 816. The van der Waals surface area contributed by atoms with E-state index < -0.39 is 23.8 Å². The molecule has 0 aliphatic heterocycles. The normalized spacial score (nSPS) is 19.8. The molecule has 176 valence electrons. The van der Waals surface area contributed by atoms with Crippen molar-refractivity contribution in [3.63, 3.8) is 0 Å². The molecule has 1 saturated carbocycles. The van der Waals surface area contributed by atoms with E-state index in [9.17, 15) is 17.6 Å². The summed E-state index contributed by atoms with van der Waals surface area (Å²) in [6.45, 7) is 3.73. The number of hydrogen-bond acceptors (Lipinski definition) is 0. The Morgan fingerprint density at radius 1 is 0.719 bits per heavy atom. The zero-order chi connectivity index (χ0) is 23.2. The minimum Gasteiger partial charge on any atom is -0.199 e. The van der Waals surface area contributed by atoms with Gasteiger partial charge in [-0.15, -0.1) is 0 Å². The van der Waals surface area contributed by atoms with Gasteiger partial charge < -0.3 is 0 Å². The maximum Gasteiger partial charge on any atom is 0.335 e. The SMILES string of the molecule is CCCCCC1CCC(c2ccc(-c3ccc(C(F)(F)C(F)(F)CCC)cc3)cc2)CC1. The fraction of sp³-hybridized carbons (Fsp3) is 0.571. The molecule has 0 unspecified atom stereocenters. The molecule has 0 N–H and O–H groups in total. The number of benzene rings is 2. The van der Waals surface area contributed by atoms with Crippen LogP contribution in [0.25, 0.3) is 11.1 Å². The lowest BCUT2D eigenvalue weighted by atomic mass is 9.77. The minimum atomic E-state index is -4.17. The number of rotatable bonds is 10. The van der Waals surface area contributed by atoms with Gasteiger partial charge >= 0.3 is 11.8 Å². The van der Waals surface area contributed by atoms with Crippen molar-refractivity contribution in [3.05, 3.63) is 59.7 Å². The highest BCUT2D eigenvalue weighted by atomic mass is 19.3. The van der Waals surface area contributed by atoms with Crippen LogP contribution in [0.3, 0.4) is 0 Å². The highest BCUT2D eigenvalue weighted by Gasteiger charge is 2.56. The molecular formula is C28H36F4. The van der Waals surface area contributed by atoms with Crippen LogP contribution in [0.1, 0.15) is 95.1 Å². The fourth-order valence-corrected chi connectivity index (χ4v) is 4.97. The van der Waals surface area contributed by atoms with E-state index in [0.717, 1.165) is 29.2 Å². The zero-order valence-corrected chi connectivity index (χ0v) is 19.4. The van der Waals surface area contributed by atoms with Gasteiger partial charge in [-0.2, -0.15) is 17.6 Å². The van der Waals surface area contributed by atoms with E-state index in [2.05, 4.69) is 19.1 Å². The van der Waals surface area contributed by atoms with Crippen LogP contribution in [0.4, 0.5) is 17.6 Å². The molecule has 4 heteroatoms. The lowest BCUT2D eigenvalue weighted by Gasteiger charge is -2.29. The molecule has 0 spiro atoms. The Morgan fingerprint density at radius 2 is 1.28 bits per heavy atom. The van der Waals surface area contributed by atoms with Gasteiger partial charge in [-0.05, 0) is 54.2 Å². The molecule has 0 radical (unpaired) electrons. The van der Waals surface area contributed by atoms with Crippen LogP contribution in [0.2, 0.25) is 0 Å². The quantitative estimate of drug-likeness (QED) is 0.251. The molecule has 0 amide bonds. The molecule has 1 aliphatic rings. The maximum absolute atomic E-state index is 14.3. The molecule has 2 aromatic carbocycles. The first-order valence-electron chi connectivity index (χ1n) is 12.2. The number of hydrogen-bond donors (Lipinski definition) is 0. The van der Waals surface area contributed by atoms with Gasteiger partial charge in [-0.1, -0.05) is 94.5 Å². The molecular weight excluding hydrogens is 412 g/mol. The van der Waals surface area contributed by atoms with Gasteiger partial charge in [0.05, 0.1) is 0 Å². The largest absolute Gasteiger partial charge is 0.335 e. The third kappa shape index (κ3) is 5.74. The second-order valence-electron chi connectivity index (χ2n) is 9.44. The topological polar surface area (TPSA) is 0 Å². The van der Waals surface area contributed by atoms with Gasteiger partial charge in [0.1, 0.15) is 0 Å². The maximum atomic E-state index is 14.3. The average molecular weight is 449 g/mol. The third-order valence-electron chi connectivity index (χ3n) is 7.05. The first-order chi connectivity index (χ1) is 15.3. The molecule has 0 heterocycles. The van der Waals surface area contributed by atoms with E-state index in [1.165, 1.54) is 76.0 Å². The lowest BCUT2D eigenvalue weighted by molar-refractivity contribution is -0.219. The number of unbranched alkanes of at least 4 members (excludes halogenated alkanes) is 2. The van der Waals surface area contributed by atoms with Crippen molar-refractivity contribution in [2.24, 2.45) is 5.92 Å². The van der Waals surface area contributed by atoms with E-state index in [0.29, 0.717) is 5.92 Å². The summed E-state index contributed by atoms with van der Waals surface area (Å²) in [7, 11) is 0. The van der Waals surface area contributed by atoms with Crippen LogP contribution in [-0.4, -0.2) is 5.92 Å². The van der Waals surface area contributed by atoms with Crippen molar-refractivity contribution in [2.45, 2.75) is 95.8 Å². The highest BCUT2D eigenvalue weighted by molar-refractivity contribution is 5.64. The third-order valence-corrected chi connectivity index (χ3v) is 7.05. The molecule has 0 atom stereocenters. The van der Waals surface area contributed by atoms with Crippen LogP contribution >= 0.6 is 0 Å². The molecule has 32 heavy (non-hydrogen) atoms. The van der Waals surface area contributed by atoms with E-state index in [4.69, 9.17) is 0 Å². The molecule has 2 aromatic rings. The van der Waals surface area contributed by atoms with E-state index >= 15 is 0 Å². The van der Waals surface area contributed by atoms with E-state index in [-0.39, 0.29) is 6.42 Å². The first kappa shape index (κ1) is 24.8. The van der Waals surface area contributed by atoms with Crippen molar-refractivity contribution < 1.29 is 17.6 Å². The summed E-state index contributed by atoms with van der Waals surface area (Å²) in [5, 5.41) is 0. The van der Waals surface area contributed by atoms with Gasteiger partial charge in [0, 0.05) is 12.0 Å². The van der Waals surface area contributed by atoms with Crippen LogP contribution in [-0.2, 0) is 5.92 Å². The number of alkyl halides is 4. The predicted octanol–water partition coefficient (Wildman–Crippen LogP) is 9.73. The minimum absolute atomic E-state index is 0.00747. The van der Waals surface area contributed by atoms with Gasteiger partial charge in [0.15, 0.2) is 0 Å². The summed E-state index contributed by atoms with van der Waals surface area (Å²) in [6, 6.07) is 13.6. The Balaban J connectivity index is 1.62. The smallest absolute Gasteiger partial charge is 0.199 e. The summed E-state index contributed by atoms with van der Waals surface area (Å²) < 4.78 is 56.3. The van der Waals surface area contributed by atoms with Crippen molar-refractivity contribution in [1.29, 1.82) is 0 Å². The summed E-state index contributed by atoms with van der Waals surface area (Å²) >= 11 is 0. The van der Waals surface area contributed by atoms with Crippen molar-refractivity contribution in [2.75, 3.05) is 0 Å². The second kappa shape index (κ2) is 10.9. The van der Waals surface area contributed by atoms with E-state index in [1.807, 2.05) is 12.1 Å². The van der Waals surface area contributed by atoms with Gasteiger partial charge in [0.2, 0.25) is 0 Å². The summed E-state index contributed by atoms with van der Waals surface area (Å²) in [5.74, 6) is -6.74. The zero-order valence-electron chi connectivity index (χ0n) is 19.4. The van der Waals surface area contributed by atoms with Gasteiger partial charge in [0.25, 0.3) is 0 Å². The van der Waals surface area contributed by atoms with E-state index in [1.54, 1.807) is 0 Å². The fourth-order valence-electron chi connectivity index (χ4n) is 4.97. The predicted molar refractivity (Wildman–Crippen MR) is 124 cm³/mol. The number of halogens is 4. The van der Waals surface area contributed by atoms with Crippen molar-refractivity contribution in [1.82, 2.24) is 0 Å². The van der Waals surface area contributed by atoms with Crippen LogP contribution in [0.5, 0.6) is 0 Å². The molecule has 3 rings (SSSR count). The van der Waals surface area contributed by atoms with Gasteiger partial charge in [-0.25, -0.2) is 0 Å². The lowest BCUT2D eigenvalue weighted by Crippen LogP contribution is -2.37. The molecule has 0 nitrogen and oxygen atoms in total. The summed E-state index contributed by atoms with van der Waals surface area (Å²) in [5.41, 5.74) is 2.38. The van der Waals surface area contributed by atoms with Gasteiger partial charge in [-0.3, -0.25) is 0 Å².